The van der Waals surface area contributed by atoms with E-state index in [1.807, 2.05) is 0 Å². The third kappa shape index (κ3) is 2.89. The highest BCUT2D eigenvalue weighted by Gasteiger charge is 2.19. The predicted molar refractivity (Wildman–Crippen MR) is 91.6 cm³/mol. The molecule has 0 spiro atoms. The zero-order valence-electron chi connectivity index (χ0n) is 12.7. The molecule has 0 aliphatic rings. The van der Waals surface area contributed by atoms with Crippen molar-refractivity contribution in [1.82, 2.24) is 14.9 Å². The van der Waals surface area contributed by atoms with Crippen molar-refractivity contribution in [3.05, 3.63) is 53.3 Å². The molecule has 0 aliphatic heterocycles. The number of carbonyl (C=O) groups is 1. The third-order valence-corrected chi connectivity index (χ3v) is 3.78. The Hall–Kier alpha value is -3.06. The van der Waals surface area contributed by atoms with Crippen molar-refractivity contribution in [3.8, 4) is 11.6 Å². The second-order valence-corrected chi connectivity index (χ2v) is 5.44. The van der Waals surface area contributed by atoms with Gasteiger partial charge in [-0.3, -0.25) is 15.1 Å². The van der Waals surface area contributed by atoms with Gasteiger partial charge in [-0.25, -0.2) is 4.98 Å². The molecule has 2 aromatic heterocycles. The molecule has 1 amide bonds. The molecule has 0 bridgehead atoms. The van der Waals surface area contributed by atoms with Crippen LogP contribution < -0.4 is 10.5 Å². The van der Waals surface area contributed by atoms with Gasteiger partial charge in [-0.1, -0.05) is 17.7 Å². The van der Waals surface area contributed by atoms with E-state index in [0.29, 0.717) is 27.6 Å². The number of amides is 1. The van der Waals surface area contributed by atoms with E-state index < -0.39 is 5.91 Å². The maximum atomic E-state index is 12.3. The van der Waals surface area contributed by atoms with Crippen LogP contribution in [0.4, 0.5) is 0 Å². The van der Waals surface area contributed by atoms with Gasteiger partial charge < -0.3 is 15.5 Å². The number of nitrogens with one attached hydrogen (secondary N) is 2. The van der Waals surface area contributed by atoms with Crippen LogP contribution in [0.3, 0.4) is 0 Å². The van der Waals surface area contributed by atoms with Crippen molar-refractivity contribution in [2.75, 3.05) is 7.05 Å². The lowest BCUT2D eigenvalue weighted by atomic mass is 10.2. The van der Waals surface area contributed by atoms with Gasteiger partial charge in [0.2, 0.25) is 5.88 Å². The number of nitrogens with zero attached hydrogens (tertiary/aromatic N) is 2. The number of halogens is 1. The first-order valence-electron chi connectivity index (χ1n) is 6.99. The highest BCUT2D eigenvalue weighted by Crippen LogP contribution is 2.34. The number of pyridine rings is 1. The minimum absolute atomic E-state index is 0.252. The van der Waals surface area contributed by atoms with Gasteiger partial charge in [0.05, 0.1) is 10.5 Å². The van der Waals surface area contributed by atoms with E-state index in [4.69, 9.17) is 27.5 Å². The van der Waals surface area contributed by atoms with Gasteiger partial charge in [0.15, 0.2) is 11.7 Å². The average molecular weight is 344 g/mol. The smallest absolute Gasteiger partial charge is 0.276 e. The first-order chi connectivity index (χ1) is 11.5. The molecule has 2 heterocycles. The lowest BCUT2D eigenvalue weighted by Crippen LogP contribution is -2.38. The van der Waals surface area contributed by atoms with Gasteiger partial charge in [0.1, 0.15) is 5.69 Å². The monoisotopic (exact) mass is 343 g/mol. The van der Waals surface area contributed by atoms with Crippen molar-refractivity contribution < 1.29 is 9.53 Å². The molecule has 24 heavy (non-hydrogen) atoms. The number of benzene rings is 1. The Labute approximate surface area is 142 Å². The predicted octanol–water partition coefficient (Wildman–Crippen LogP) is 2.97. The van der Waals surface area contributed by atoms with E-state index in [1.165, 1.54) is 7.05 Å². The summed E-state index contributed by atoms with van der Waals surface area (Å²) in [5.74, 6) is 0.107. The number of hydrogen-bond acceptors (Lipinski definition) is 4. The van der Waals surface area contributed by atoms with Crippen LogP contribution in [0.25, 0.3) is 10.9 Å². The number of rotatable bonds is 3. The molecule has 8 heteroatoms. The highest BCUT2D eigenvalue weighted by atomic mass is 35.5. The van der Waals surface area contributed by atoms with Crippen LogP contribution in [0.2, 0.25) is 5.02 Å². The fourth-order valence-electron chi connectivity index (χ4n) is 2.17. The molecule has 122 valence electrons. The normalized spacial score (nSPS) is 10.6. The summed E-state index contributed by atoms with van der Waals surface area (Å²) >= 11 is 6.21. The first kappa shape index (κ1) is 15.8. The van der Waals surface area contributed by atoms with Gasteiger partial charge in [-0.05, 0) is 24.3 Å². The number of hydrogen-bond donors (Lipinski definition) is 3. The summed E-state index contributed by atoms with van der Waals surface area (Å²) in [6.07, 6.45) is 1.62. The number of nitrogens with two attached hydrogens (primary N) is 1. The summed E-state index contributed by atoms with van der Waals surface area (Å²) in [5, 5.41) is 8.46. The SMILES string of the molecule is CN(C(=N)N)C(=O)c1cc2c(Cl)ccc(Oc3ccccn3)c2[nH]1. The molecular weight excluding hydrogens is 330 g/mol. The Bertz CT molecular complexity index is 923. The van der Waals surface area contributed by atoms with E-state index in [0.717, 1.165) is 4.90 Å². The lowest BCUT2D eigenvalue weighted by molar-refractivity contribution is 0.0864. The standard InChI is InChI=1S/C16H14ClN5O2/c1-22(16(18)19)15(23)11-8-9-10(17)5-6-12(14(9)21-11)24-13-4-2-3-7-20-13/h2-8,21H,1H3,(H3,18,19). The molecule has 3 aromatic rings. The second-order valence-electron chi connectivity index (χ2n) is 5.04. The minimum Gasteiger partial charge on any atom is -0.437 e. The summed E-state index contributed by atoms with van der Waals surface area (Å²) in [6, 6.07) is 10.3. The van der Waals surface area contributed by atoms with Crippen LogP contribution in [0.1, 0.15) is 10.5 Å². The van der Waals surface area contributed by atoms with Gasteiger partial charge in [0.25, 0.3) is 5.91 Å². The van der Waals surface area contributed by atoms with Crippen molar-refractivity contribution in [2.45, 2.75) is 0 Å². The second kappa shape index (κ2) is 6.21. The average Bonchev–Trinajstić information content (AvgIpc) is 3.03. The molecule has 7 nitrogen and oxygen atoms in total. The highest BCUT2D eigenvalue weighted by molar-refractivity contribution is 6.35. The number of H-pyrrole nitrogens is 1. The number of carbonyl (C=O) groups excluding carboxylic acids is 1. The molecule has 0 saturated heterocycles. The third-order valence-electron chi connectivity index (χ3n) is 3.45. The Kier molecular flexibility index (Phi) is 4.09. The summed E-state index contributed by atoms with van der Waals surface area (Å²) in [4.78, 5) is 20.4. The van der Waals surface area contributed by atoms with E-state index in [9.17, 15) is 4.79 Å². The largest absolute Gasteiger partial charge is 0.437 e. The number of aromatic nitrogens is 2. The Balaban J connectivity index is 2.05. The van der Waals surface area contributed by atoms with Crippen molar-refractivity contribution in [3.63, 3.8) is 0 Å². The first-order valence-corrected chi connectivity index (χ1v) is 7.37. The molecule has 3 rings (SSSR count). The van der Waals surface area contributed by atoms with E-state index in [1.54, 1.807) is 42.6 Å². The summed E-state index contributed by atoms with van der Waals surface area (Å²) in [7, 11) is 1.42. The maximum absolute atomic E-state index is 12.3. The summed E-state index contributed by atoms with van der Waals surface area (Å²) < 4.78 is 5.75. The van der Waals surface area contributed by atoms with Crippen LogP contribution in [0.5, 0.6) is 11.6 Å². The lowest BCUT2D eigenvalue weighted by Gasteiger charge is -2.12. The summed E-state index contributed by atoms with van der Waals surface area (Å²) in [6.45, 7) is 0. The molecule has 0 atom stereocenters. The molecule has 4 N–H and O–H groups in total. The molecular formula is C16H14ClN5O2. The van der Waals surface area contributed by atoms with Gasteiger partial charge in [-0.2, -0.15) is 0 Å². The zero-order chi connectivity index (χ0) is 17.3. The van der Waals surface area contributed by atoms with Crippen molar-refractivity contribution in [2.24, 2.45) is 5.73 Å². The molecule has 0 fully saturated rings. The number of ether oxygens (including phenoxy) is 1. The van der Waals surface area contributed by atoms with E-state index in [-0.39, 0.29) is 11.7 Å². The van der Waals surface area contributed by atoms with Crippen molar-refractivity contribution in [1.29, 1.82) is 5.41 Å². The van der Waals surface area contributed by atoms with Gasteiger partial charge in [0, 0.05) is 24.7 Å². The Morgan fingerprint density at radius 1 is 1.38 bits per heavy atom. The topological polar surface area (TPSA) is 108 Å². The molecule has 1 aromatic carbocycles. The number of fused-ring (bicyclic) bond motifs is 1. The van der Waals surface area contributed by atoms with Crippen LogP contribution >= 0.6 is 11.6 Å². The van der Waals surface area contributed by atoms with Crippen LogP contribution in [0.15, 0.2) is 42.6 Å². The van der Waals surface area contributed by atoms with E-state index in [2.05, 4.69) is 9.97 Å². The van der Waals surface area contributed by atoms with Crippen LogP contribution in [0, 0.1) is 5.41 Å². The number of aromatic amines is 1. The maximum Gasteiger partial charge on any atom is 0.276 e. The minimum atomic E-state index is -0.446. The van der Waals surface area contributed by atoms with Crippen LogP contribution in [-0.4, -0.2) is 33.8 Å². The van der Waals surface area contributed by atoms with Gasteiger partial charge >= 0.3 is 0 Å². The molecule has 0 aliphatic carbocycles. The zero-order valence-corrected chi connectivity index (χ0v) is 13.5. The fraction of sp³-hybridized carbons (Fsp3) is 0.0625. The molecule has 0 radical (unpaired) electrons. The number of guanidine groups is 1. The Morgan fingerprint density at radius 3 is 2.83 bits per heavy atom. The Morgan fingerprint density at radius 2 is 2.17 bits per heavy atom. The quantitative estimate of drug-likeness (QED) is 0.501. The summed E-state index contributed by atoms with van der Waals surface area (Å²) in [5.41, 5.74) is 6.16. The molecule has 0 unspecified atom stereocenters. The fourth-order valence-corrected chi connectivity index (χ4v) is 2.38. The van der Waals surface area contributed by atoms with Gasteiger partial charge in [-0.15, -0.1) is 0 Å². The van der Waals surface area contributed by atoms with Crippen molar-refractivity contribution >= 4 is 34.4 Å². The van der Waals surface area contributed by atoms with E-state index >= 15 is 0 Å². The molecule has 0 saturated carbocycles. The van der Waals surface area contributed by atoms with Crippen LogP contribution in [-0.2, 0) is 0 Å².